The fourth-order valence-corrected chi connectivity index (χ4v) is 2.91. The molecule has 3 aromatic carbocycles. The van der Waals surface area contributed by atoms with Crippen LogP contribution in [-0.2, 0) is 0 Å². The quantitative estimate of drug-likeness (QED) is 0.680. The van der Waals surface area contributed by atoms with Crippen LogP contribution in [0.1, 0.15) is 35.7 Å². The van der Waals surface area contributed by atoms with Gasteiger partial charge in [0, 0.05) is 6.04 Å². The van der Waals surface area contributed by atoms with Crippen molar-refractivity contribution < 1.29 is 4.74 Å². The molecule has 0 spiro atoms. The van der Waals surface area contributed by atoms with Gasteiger partial charge >= 0.3 is 0 Å². The number of rotatable bonds is 6. The normalized spacial score (nSPS) is 12.1. The predicted octanol–water partition coefficient (Wildman–Crippen LogP) is 5.14. The van der Waals surface area contributed by atoms with Gasteiger partial charge in [0.1, 0.15) is 5.75 Å². The van der Waals surface area contributed by atoms with Crippen LogP contribution in [0.2, 0.25) is 0 Å². The van der Waals surface area contributed by atoms with Gasteiger partial charge in [-0.15, -0.1) is 0 Å². The minimum atomic E-state index is 0.157. The summed E-state index contributed by atoms with van der Waals surface area (Å²) in [6.07, 6.45) is 0. The first-order chi connectivity index (χ1) is 11.8. The maximum absolute atomic E-state index is 5.25. The van der Waals surface area contributed by atoms with E-state index in [1.165, 1.54) is 16.7 Å². The van der Waals surface area contributed by atoms with Crippen molar-refractivity contribution in [3.63, 3.8) is 0 Å². The van der Waals surface area contributed by atoms with Crippen LogP contribution in [-0.4, -0.2) is 7.11 Å². The highest BCUT2D eigenvalue weighted by atomic mass is 16.5. The first-order valence-corrected chi connectivity index (χ1v) is 8.28. The van der Waals surface area contributed by atoms with Gasteiger partial charge in [-0.05, 0) is 35.7 Å². The van der Waals surface area contributed by atoms with Crippen molar-refractivity contribution in [2.75, 3.05) is 7.11 Å². The summed E-state index contributed by atoms with van der Waals surface area (Å²) in [7, 11) is 1.69. The lowest BCUT2D eigenvalue weighted by atomic mass is 9.96. The summed E-state index contributed by atoms with van der Waals surface area (Å²) < 4.78 is 5.25. The molecule has 0 aliphatic carbocycles. The SMILES string of the molecule is COc1ccc(C(C)NC(c2ccccc2)c2ccccc2)cc1. The monoisotopic (exact) mass is 317 g/mol. The van der Waals surface area contributed by atoms with E-state index in [1.807, 2.05) is 12.1 Å². The first kappa shape index (κ1) is 16.3. The van der Waals surface area contributed by atoms with E-state index in [-0.39, 0.29) is 12.1 Å². The number of ether oxygens (including phenoxy) is 1. The molecule has 3 aromatic rings. The third kappa shape index (κ3) is 3.84. The van der Waals surface area contributed by atoms with E-state index in [2.05, 4.69) is 85.0 Å². The van der Waals surface area contributed by atoms with E-state index < -0.39 is 0 Å². The van der Waals surface area contributed by atoms with Gasteiger partial charge in [0.05, 0.1) is 13.2 Å². The fraction of sp³-hybridized carbons (Fsp3) is 0.182. The highest BCUT2D eigenvalue weighted by molar-refractivity contribution is 5.33. The van der Waals surface area contributed by atoms with E-state index in [0.29, 0.717) is 0 Å². The van der Waals surface area contributed by atoms with Crippen LogP contribution in [0.3, 0.4) is 0 Å². The number of hydrogen-bond donors (Lipinski definition) is 1. The molecule has 0 fully saturated rings. The van der Waals surface area contributed by atoms with Crippen molar-refractivity contribution in [1.82, 2.24) is 5.32 Å². The lowest BCUT2D eigenvalue weighted by Gasteiger charge is -2.25. The summed E-state index contributed by atoms with van der Waals surface area (Å²) in [5.41, 5.74) is 3.78. The van der Waals surface area contributed by atoms with Crippen molar-refractivity contribution >= 4 is 0 Å². The molecule has 1 unspecified atom stereocenters. The molecule has 122 valence electrons. The molecular weight excluding hydrogens is 294 g/mol. The Labute approximate surface area is 144 Å². The van der Waals surface area contributed by atoms with Crippen LogP contribution in [0.25, 0.3) is 0 Å². The molecule has 0 bridgehead atoms. The average molecular weight is 317 g/mol. The second-order valence-electron chi connectivity index (χ2n) is 5.92. The third-order valence-electron chi connectivity index (χ3n) is 4.30. The van der Waals surface area contributed by atoms with Gasteiger partial charge in [0.2, 0.25) is 0 Å². The lowest BCUT2D eigenvalue weighted by Crippen LogP contribution is -2.25. The number of nitrogens with one attached hydrogen (secondary N) is 1. The predicted molar refractivity (Wildman–Crippen MR) is 99.3 cm³/mol. The van der Waals surface area contributed by atoms with Crippen molar-refractivity contribution in [2.24, 2.45) is 0 Å². The zero-order chi connectivity index (χ0) is 16.8. The van der Waals surface area contributed by atoms with E-state index in [4.69, 9.17) is 4.74 Å². The molecule has 1 N–H and O–H groups in total. The Morgan fingerprint density at radius 3 is 1.62 bits per heavy atom. The molecule has 0 amide bonds. The number of hydrogen-bond acceptors (Lipinski definition) is 2. The van der Waals surface area contributed by atoms with Gasteiger partial charge < -0.3 is 4.74 Å². The topological polar surface area (TPSA) is 21.3 Å². The van der Waals surface area contributed by atoms with E-state index in [9.17, 15) is 0 Å². The van der Waals surface area contributed by atoms with Crippen LogP contribution in [0.5, 0.6) is 5.75 Å². The molecule has 0 saturated heterocycles. The Morgan fingerprint density at radius 1 is 0.667 bits per heavy atom. The van der Waals surface area contributed by atoms with Crippen LogP contribution in [0.4, 0.5) is 0 Å². The third-order valence-corrected chi connectivity index (χ3v) is 4.30. The second-order valence-corrected chi connectivity index (χ2v) is 5.92. The first-order valence-electron chi connectivity index (χ1n) is 8.28. The summed E-state index contributed by atoms with van der Waals surface area (Å²) in [6, 6.07) is 29.8. The molecule has 2 heteroatoms. The van der Waals surface area contributed by atoms with E-state index >= 15 is 0 Å². The Hall–Kier alpha value is -2.58. The zero-order valence-electron chi connectivity index (χ0n) is 14.1. The largest absolute Gasteiger partial charge is 0.497 e. The van der Waals surface area contributed by atoms with Gasteiger partial charge in [-0.2, -0.15) is 0 Å². The molecule has 0 saturated carbocycles. The number of benzene rings is 3. The molecule has 3 rings (SSSR count). The smallest absolute Gasteiger partial charge is 0.118 e. The molecule has 0 aliphatic heterocycles. The Morgan fingerprint density at radius 2 is 1.17 bits per heavy atom. The Kier molecular flexibility index (Phi) is 5.29. The van der Waals surface area contributed by atoms with Crippen molar-refractivity contribution in [2.45, 2.75) is 19.0 Å². The average Bonchev–Trinajstić information content (AvgIpc) is 2.67. The Balaban J connectivity index is 1.86. The second kappa shape index (κ2) is 7.80. The minimum absolute atomic E-state index is 0.157. The highest BCUT2D eigenvalue weighted by Crippen LogP contribution is 2.26. The molecule has 0 aromatic heterocycles. The molecule has 0 aliphatic rings. The van der Waals surface area contributed by atoms with E-state index in [0.717, 1.165) is 5.75 Å². The highest BCUT2D eigenvalue weighted by Gasteiger charge is 2.17. The summed E-state index contributed by atoms with van der Waals surface area (Å²) in [6.45, 7) is 2.20. The molecule has 1 atom stereocenters. The molecular formula is C22H23NO. The maximum atomic E-state index is 5.25. The van der Waals surface area contributed by atoms with Crippen LogP contribution >= 0.6 is 0 Å². The maximum Gasteiger partial charge on any atom is 0.118 e. The van der Waals surface area contributed by atoms with E-state index in [1.54, 1.807) is 7.11 Å². The Bertz CT molecular complexity index is 698. The summed E-state index contributed by atoms with van der Waals surface area (Å²) in [5, 5.41) is 3.76. The minimum Gasteiger partial charge on any atom is -0.497 e. The van der Waals surface area contributed by atoms with Crippen LogP contribution in [0, 0.1) is 0 Å². The summed E-state index contributed by atoms with van der Waals surface area (Å²) in [5.74, 6) is 0.883. The van der Waals surface area contributed by atoms with Gasteiger partial charge in [0.15, 0.2) is 0 Å². The van der Waals surface area contributed by atoms with Crippen molar-refractivity contribution in [3.05, 3.63) is 102 Å². The molecule has 0 radical (unpaired) electrons. The van der Waals surface area contributed by atoms with Gasteiger partial charge in [-0.3, -0.25) is 5.32 Å². The number of methoxy groups -OCH3 is 1. The van der Waals surface area contributed by atoms with Crippen LogP contribution < -0.4 is 10.1 Å². The molecule has 2 nitrogen and oxygen atoms in total. The van der Waals surface area contributed by atoms with Crippen LogP contribution in [0.15, 0.2) is 84.9 Å². The zero-order valence-corrected chi connectivity index (χ0v) is 14.1. The van der Waals surface area contributed by atoms with Gasteiger partial charge in [-0.1, -0.05) is 72.8 Å². The molecule has 0 heterocycles. The summed E-state index contributed by atoms with van der Waals surface area (Å²) in [4.78, 5) is 0. The fourth-order valence-electron chi connectivity index (χ4n) is 2.91. The van der Waals surface area contributed by atoms with Crippen molar-refractivity contribution in [3.8, 4) is 5.75 Å². The lowest BCUT2D eigenvalue weighted by molar-refractivity contribution is 0.414. The summed E-state index contributed by atoms with van der Waals surface area (Å²) >= 11 is 0. The standard InChI is InChI=1S/C22H23NO/c1-17(18-13-15-21(24-2)16-14-18)23-22(19-9-5-3-6-10-19)20-11-7-4-8-12-20/h3-17,22-23H,1-2H3. The van der Waals surface area contributed by atoms with Crippen molar-refractivity contribution in [1.29, 1.82) is 0 Å². The van der Waals surface area contributed by atoms with Gasteiger partial charge in [0.25, 0.3) is 0 Å². The molecule has 24 heavy (non-hydrogen) atoms. The van der Waals surface area contributed by atoms with Gasteiger partial charge in [-0.25, -0.2) is 0 Å².